The molecule has 74 valence electrons. The predicted molar refractivity (Wildman–Crippen MR) is 62.9 cm³/mol. The van der Waals surface area contributed by atoms with Crippen molar-refractivity contribution in [1.29, 1.82) is 0 Å². The van der Waals surface area contributed by atoms with Gasteiger partial charge in [0.2, 0.25) is 0 Å². The first kappa shape index (κ1) is 12.7. The van der Waals surface area contributed by atoms with E-state index < -0.39 is 0 Å². The third-order valence-electron chi connectivity index (χ3n) is 1.90. The van der Waals surface area contributed by atoms with Gasteiger partial charge in [0.05, 0.1) is 0 Å². The van der Waals surface area contributed by atoms with Crippen molar-refractivity contribution in [3.05, 3.63) is 0 Å². The first-order valence-corrected chi connectivity index (χ1v) is 6.91. The van der Waals surface area contributed by atoms with Gasteiger partial charge in [0, 0.05) is 17.0 Å². The highest BCUT2D eigenvalue weighted by Crippen LogP contribution is 2.28. The summed E-state index contributed by atoms with van der Waals surface area (Å²) in [6.07, 6.45) is 0. The van der Waals surface area contributed by atoms with E-state index in [1.54, 1.807) is 0 Å². The molecular weight excluding hydrogens is 186 g/mol. The van der Waals surface area contributed by atoms with Crippen LogP contribution in [0.1, 0.15) is 27.7 Å². The Morgan fingerprint density at radius 2 is 1.75 bits per heavy atom. The fourth-order valence-corrected chi connectivity index (χ4v) is 3.26. The van der Waals surface area contributed by atoms with Gasteiger partial charge in [-0.3, -0.25) is 0 Å². The molecule has 0 fully saturated rings. The fraction of sp³-hybridized carbons (Fsp3) is 1.00. The summed E-state index contributed by atoms with van der Waals surface area (Å²) in [6.45, 7) is 9.02. The highest BCUT2D eigenvalue weighted by molar-refractivity contribution is 8.76. The summed E-state index contributed by atoms with van der Waals surface area (Å²) in [5.74, 6) is 2.00. The Labute approximate surface area is 84.9 Å². The van der Waals surface area contributed by atoms with Gasteiger partial charge in [-0.15, -0.1) is 0 Å². The van der Waals surface area contributed by atoms with Crippen molar-refractivity contribution in [2.24, 2.45) is 5.92 Å². The summed E-state index contributed by atoms with van der Waals surface area (Å²) in [6, 6.07) is 0.630. The third-order valence-corrected chi connectivity index (χ3v) is 5.05. The second kappa shape index (κ2) is 7.10. The van der Waals surface area contributed by atoms with E-state index >= 15 is 0 Å². The number of hydrogen-bond donors (Lipinski definition) is 1. The van der Waals surface area contributed by atoms with Gasteiger partial charge in [-0.25, -0.2) is 0 Å². The largest absolute Gasteiger partial charge is 0.317 e. The summed E-state index contributed by atoms with van der Waals surface area (Å²) in [5, 5.41) is 4.02. The van der Waals surface area contributed by atoms with Crippen LogP contribution in [0.25, 0.3) is 0 Å². The zero-order chi connectivity index (χ0) is 9.56. The lowest BCUT2D eigenvalue weighted by molar-refractivity contribution is 0.466. The zero-order valence-electron chi connectivity index (χ0n) is 8.76. The molecule has 0 spiro atoms. The van der Waals surface area contributed by atoms with Gasteiger partial charge in [-0.2, -0.15) is 0 Å². The summed E-state index contributed by atoms with van der Waals surface area (Å²) < 4.78 is 0. The Hall–Kier alpha value is 0.660. The van der Waals surface area contributed by atoms with Gasteiger partial charge in [0.15, 0.2) is 0 Å². The molecule has 0 radical (unpaired) electrons. The molecule has 0 aliphatic carbocycles. The maximum absolute atomic E-state index is 3.28. The van der Waals surface area contributed by atoms with E-state index in [0.717, 1.165) is 11.2 Å². The average Bonchev–Trinajstić information content (AvgIpc) is 2.02. The van der Waals surface area contributed by atoms with E-state index in [9.17, 15) is 0 Å². The molecule has 3 heteroatoms. The van der Waals surface area contributed by atoms with E-state index in [1.807, 2.05) is 28.6 Å². The molecule has 2 unspecified atom stereocenters. The zero-order valence-corrected chi connectivity index (χ0v) is 10.4. The second-order valence-electron chi connectivity index (χ2n) is 3.48. The van der Waals surface area contributed by atoms with Gasteiger partial charge in [0.1, 0.15) is 0 Å². The Balaban J connectivity index is 3.37. The molecule has 0 rings (SSSR count). The summed E-state index contributed by atoms with van der Waals surface area (Å²) in [4.78, 5) is 0. The lowest BCUT2D eigenvalue weighted by Gasteiger charge is -2.18. The van der Waals surface area contributed by atoms with Crippen molar-refractivity contribution in [1.82, 2.24) is 5.32 Å². The van der Waals surface area contributed by atoms with Gasteiger partial charge < -0.3 is 5.32 Å². The van der Waals surface area contributed by atoms with Gasteiger partial charge >= 0.3 is 0 Å². The molecule has 0 saturated heterocycles. The molecular formula is C9H21NS2. The van der Waals surface area contributed by atoms with Crippen LogP contribution in [0, 0.1) is 5.92 Å². The van der Waals surface area contributed by atoms with Crippen LogP contribution < -0.4 is 5.32 Å². The Morgan fingerprint density at radius 1 is 1.17 bits per heavy atom. The van der Waals surface area contributed by atoms with Gasteiger partial charge in [-0.1, -0.05) is 42.4 Å². The van der Waals surface area contributed by atoms with Crippen molar-refractivity contribution >= 4 is 21.6 Å². The summed E-state index contributed by atoms with van der Waals surface area (Å²) >= 11 is 0. The SMILES string of the molecule is CNC(C)C(C)CSSC(C)C. The molecule has 0 heterocycles. The van der Waals surface area contributed by atoms with E-state index in [4.69, 9.17) is 0 Å². The highest BCUT2D eigenvalue weighted by Gasteiger charge is 2.09. The Morgan fingerprint density at radius 3 is 2.17 bits per heavy atom. The third kappa shape index (κ3) is 6.21. The predicted octanol–water partition coefficient (Wildman–Crippen LogP) is 3.02. The Bertz CT molecular complexity index is 107. The molecule has 1 N–H and O–H groups in total. The van der Waals surface area contributed by atoms with Crippen molar-refractivity contribution < 1.29 is 0 Å². The van der Waals surface area contributed by atoms with Crippen LogP contribution in [0.3, 0.4) is 0 Å². The highest BCUT2D eigenvalue weighted by atomic mass is 33.1. The minimum absolute atomic E-state index is 0.630. The van der Waals surface area contributed by atoms with Gasteiger partial charge in [-0.05, 0) is 19.9 Å². The van der Waals surface area contributed by atoms with E-state index in [1.165, 1.54) is 5.75 Å². The molecule has 0 bridgehead atoms. The quantitative estimate of drug-likeness (QED) is 0.672. The summed E-state index contributed by atoms with van der Waals surface area (Å²) in [7, 11) is 6.00. The molecule has 0 aromatic rings. The van der Waals surface area contributed by atoms with Crippen LogP contribution in [0.5, 0.6) is 0 Å². The Kier molecular flexibility index (Phi) is 7.49. The van der Waals surface area contributed by atoms with Crippen molar-refractivity contribution in [3.63, 3.8) is 0 Å². The van der Waals surface area contributed by atoms with Crippen LogP contribution in [-0.4, -0.2) is 24.1 Å². The topological polar surface area (TPSA) is 12.0 Å². The number of nitrogens with one attached hydrogen (secondary N) is 1. The average molecular weight is 207 g/mol. The van der Waals surface area contributed by atoms with E-state index in [0.29, 0.717) is 6.04 Å². The molecule has 2 atom stereocenters. The number of hydrogen-bond acceptors (Lipinski definition) is 3. The normalized spacial score (nSPS) is 16.5. The monoisotopic (exact) mass is 207 g/mol. The summed E-state index contributed by atoms with van der Waals surface area (Å²) in [5.41, 5.74) is 0. The first-order chi connectivity index (χ1) is 5.57. The molecule has 1 nitrogen and oxygen atoms in total. The number of rotatable bonds is 6. The van der Waals surface area contributed by atoms with Crippen LogP contribution in [-0.2, 0) is 0 Å². The molecule has 0 amide bonds. The lowest BCUT2D eigenvalue weighted by Crippen LogP contribution is -2.29. The van der Waals surface area contributed by atoms with E-state index in [2.05, 4.69) is 33.0 Å². The fourth-order valence-electron chi connectivity index (χ4n) is 0.712. The minimum atomic E-state index is 0.630. The van der Waals surface area contributed by atoms with Crippen LogP contribution >= 0.6 is 21.6 Å². The van der Waals surface area contributed by atoms with Crippen molar-refractivity contribution in [3.8, 4) is 0 Å². The van der Waals surface area contributed by atoms with Crippen molar-refractivity contribution in [2.75, 3.05) is 12.8 Å². The molecule has 12 heavy (non-hydrogen) atoms. The first-order valence-electron chi connectivity index (χ1n) is 4.53. The van der Waals surface area contributed by atoms with Crippen LogP contribution in [0.15, 0.2) is 0 Å². The lowest BCUT2D eigenvalue weighted by atomic mass is 10.1. The molecule has 0 saturated carbocycles. The molecule has 0 aromatic heterocycles. The molecule has 0 aliphatic rings. The van der Waals surface area contributed by atoms with Crippen molar-refractivity contribution in [2.45, 2.75) is 39.0 Å². The standard InChI is InChI=1S/C9H21NS2/c1-7(2)12-11-6-8(3)9(4)10-5/h7-10H,6H2,1-5H3. The molecule has 0 aliphatic heterocycles. The maximum atomic E-state index is 3.28. The smallest absolute Gasteiger partial charge is 0.00944 e. The van der Waals surface area contributed by atoms with Gasteiger partial charge in [0.25, 0.3) is 0 Å². The van der Waals surface area contributed by atoms with E-state index in [-0.39, 0.29) is 0 Å². The minimum Gasteiger partial charge on any atom is -0.317 e. The van der Waals surface area contributed by atoms with Crippen LogP contribution in [0.4, 0.5) is 0 Å². The second-order valence-corrected chi connectivity index (χ2v) is 6.47. The molecule has 0 aromatic carbocycles. The van der Waals surface area contributed by atoms with Crippen LogP contribution in [0.2, 0.25) is 0 Å². The maximum Gasteiger partial charge on any atom is 0.00944 e.